The molecule has 2 aliphatic rings. The van der Waals surface area contributed by atoms with Crippen LogP contribution in [-0.2, 0) is 9.63 Å². The van der Waals surface area contributed by atoms with E-state index >= 15 is 0 Å². The zero-order chi connectivity index (χ0) is 30.1. The van der Waals surface area contributed by atoms with Gasteiger partial charge < -0.3 is 19.9 Å². The van der Waals surface area contributed by atoms with Gasteiger partial charge in [-0.15, -0.1) is 15.3 Å². The molecule has 2 aromatic heterocycles. The van der Waals surface area contributed by atoms with E-state index in [0.717, 1.165) is 40.3 Å². The Morgan fingerprint density at radius 3 is 2.58 bits per heavy atom. The minimum absolute atomic E-state index is 0.0519. The van der Waals surface area contributed by atoms with Gasteiger partial charge in [0.1, 0.15) is 4.88 Å². The van der Waals surface area contributed by atoms with Crippen LogP contribution in [0.2, 0.25) is 0 Å². The van der Waals surface area contributed by atoms with Gasteiger partial charge in [-0.25, -0.2) is 9.78 Å². The van der Waals surface area contributed by atoms with Crippen LogP contribution in [0.4, 0.5) is 24.0 Å². The van der Waals surface area contributed by atoms with Crippen LogP contribution in [0, 0.1) is 6.92 Å². The summed E-state index contributed by atoms with van der Waals surface area (Å²) in [5.74, 6) is -1.97. The highest BCUT2D eigenvalue weighted by Crippen LogP contribution is 2.41. The number of aryl methyl sites for hydroxylation is 1. The molecule has 4 aromatic rings. The van der Waals surface area contributed by atoms with E-state index in [9.17, 15) is 22.8 Å². The van der Waals surface area contributed by atoms with Crippen molar-refractivity contribution in [2.75, 3.05) is 18.4 Å². The van der Waals surface area contributed by atoms with Gasteiger partial charge in [-0.2, -0.15) is 13.2 Å². The molecule has 2 N–H and O–H groups in total. The van der Waals surface area contributed by atoms with Gasteiger partial charge in [-0.05, 0) is 67.9 Å². The second kappa shape index (κ2) is 11.8. The third-order valence-electron chi connectivity index (χ3n) is 7.36. The average Bonchev–Trinajstić information content (AvgIpc) is 3.45. The van der Waals surface area contributed by atoms with E-state index in [1.165, 1.54) is 17.7 Å². The molecule has 1 saturated carbocycles. The summed E-state index contributed by atoms with van der Waals surface area (Å²) < 4.78 is 43.3. The fraction of sp³-hybridized carbons (Fsp3) is 0.345. The Morgan fingerprint density at radius 1 is 1.09 bits per heavy atom. The number of nitrogens with zero attached hydrogens (tertiary/aromatic N) is 4. The molecule has 0 radical (unpaired) electrons. The molecule has 0 bridgehead atoms. The maximum atomic E-state index is 12.6. The molecule has 0 spiro atoms. The Labute approximate surface area is 248 Å². The Kier molecular flexibility index (Phi) is 7.88. The number of hydrogen-bond donors (Lipinski definition) is 2. The first-order chi connectivity index (χ1) is 20.6. The van der Waals surface area contributed by atoms with Crippen molar-refractivity contribution in [1.82, 2.24) is 25.6 Å². The number of benzene rings is 2. The van der Waals surface area contributed by atoms with Gasteiger partial charge in [-0.3, -0.25) is 4.79 Å². The number of carbonyl (C=O) groups excluding carboxylic acids is 2. The van der Waals surface area contributed by atoms with Crippen molar-refractivity contribution in [3.05, 3.63) is 65.5 Å². The topological polar surface area (TPSA) is 122 Å². The first kappa shape index (κ1) is 28.8. The van der Waals surface area contributed by atoms with Gasteiger partial charge >= 0.3 is 12.1 Å². The molecule has 1 aliphatic heterocycles. The normalized spacial score (nSPS) is 16.2. The molecule has 0 unspecified atom stereocenters. The standard InChI is InChI=1S/C29H27F3N6O4S/c1-16-5-6-20(25(39)34-21-7-8-21)14-22(16)35-28-36-23(24(43-28)26-37-33-15-41-26)19-4-2-3-18(13-19)17-9-11-38(12-10-17)42-27(40)29(30,31)32/h2-6,13-15,17,21H,7-12H2,1H3,(H,34,39)(H,35,36). The molecule has 14 heteroatoms. The van der Waals surface area contributed by atoms with Gasteiger partial charge in [0.2, 0.25) is 6.39 Å². The number of piperidine rings is 1. The van der Waals surface area contributed by atoms with E-state index in [2.05, 4.69) is 25.7 Å². The highest BCUT2D eigenvalue weighted by Gasteiger charge is 2.43. The number of hydrogen-bond acceptors (Lipinski definition) is 10. The first-order valence-corrected chi connectivity index (χ1v) is 14.6. The number of aromatic nitrogens is 3. The van der Waals surface area contributed by atoms with E-state index in [-0.39, 0.29) is 31.0 Å². The third kappa shape index (κ3) is 6.70. The summed E-state index contributed by atoms with van der Waals surface area (Å²) in [5, 5.41) is 15.9. The smallest absolute Gasteiger partial charge is 0.423 e. The van der Waals surface area contributed by atoms with Crippen LogP contribution in [0.1, 0.15) is 53.1 Å². The summed E-state index contributed by atoms with van der Waals surface area (Å²) in [5.41, 5.74) is 4.65. The van der Waals surface area contributed by atoms with E-state index in [0.29, 0.717) is 40.0 Å². The molecular formula is C29H27F3N6O4S. The highest BCUT2D eigenvalue weighted by atomic mass is 32.1. The number of halogens is 3. The van der Waals surface area contributed by atoms with Crippen molar-refractivity contribution in [2.45, 2.75) is 50.7 Å². The molecule has 1 saturated heterocycles. The van der Waals surface area contributed by atoms with Crippen molar-refractivity contribution in [1.29, 1.82) is 0 Å². The number of anilines is 2. The van der Waals surface area contributed by atoms with Crippen molar-refractivity contribution in [3.63, 3.8) is 0 Å². The lowest BCUT2D eigenvalue weighted by Gasteiger charge is -2.30. The Balaban J connectivity index is 1.23. The van der Waals surface area contributed by atoms with Gasteiger partial charge in [0.25, 0.3) is 11.8 Å². The SMILES string of the molecule is Cc1ccc(C(=O)NC2CC2)cc1Nc1nc(-c2cccc(C3CCN(OC(=O)C(F)(F)F)CC3)c2)c(-c2nnco2)s1. The van der Waals surface area contributed by atoms with E-state index < -0.39 is 12.1 Å². The number of rotatable bonds is 8. The van der Waals surface area contributed by atoms with Crippen LogP contribution < -0.4 is 10.6 Å². The summed E-state index contributed by atoms with van der Waals surface area (Å²) in [6.07, 6.45) is -0.762. The quantitative estimate of drug-likeness (QED) is 0.247. The second-order valence-electron chi connectivity index (χ2n) is 10.5. The van der Waals surface area contributed by atoms with Crippen LogP contribution >= 0.6 is 11.3 Å². The number of alkyl halides is 3. The number of nitrogens with one attached hydrogen (secondary N) is 2. The summed E-state index contributed by atoms with van der Waals surface area (Å²) in [6.45, 7) is 2.31. The largest absolute Gasteiger partial charge is 0.492 e. The molecule has 43 heavy (non-hydrogen) atoms. The van der Waals surface area contributed by atoms with Gasteiger partial charge in [0.15, 0.2) is 5.13 Å². The third-order valence-corrected chi connectivity index (χ3v) is 8.32. The molecule has 1 aliphatic carbocycles. The molecule has 1 amide bonds. The van der Waals surface area contributed by atoms with Crippen LogP contribution in [-0.4, -0.2) is 57.4 Å². The Bertz CT molecular complexity index is 1630. The zero-order valence-corrected chi connectivity index (χ0v) is 23.8. The molecule has 2 fully saturated rings. The van der Waals surface area contributed by atoms with Crippen LogP contribution in [0.5, 0.6) is 0 Å². The molecule has 3 heterocycles. The summed E-state index contributed by atoms with van der Waals surface area (Å²) in [7, 11) is 0. The van der Waals surface area contributed by atoms with Crippen molar-refractivity contribution < 1.29 is 32.0 Å². The van der Waals surface area contributed by atoms with E-state index in [4.69, 9.17) is 9.40 Å². The number of hydroxylamine groups is 2. The maximum Gasteiger partial charge on any atom is 0.492 e. The van der Waals surface area contributed by atoms with E-state index in [1.54, 1.807) is 12.1 Å². The van der Waals surface area contributed by atoms with Gasteiger partial charge in [-0.1, -0.05) is 35.6 Å². The monoisotopic (exact) mass is 612 g/mol. The zero-order valence-electron chi connectivity index (χ0n) is 23.0. The number of amides is 1. The van der Waals surface area contributed by atoms with Crippen molar-refractivity contribution >= 4 is 34.0 Å². The fourth-order valence-corrected chi connectivity index (χ4v) is 5.81. The molecule has 0 atom stereocenters. The molecule has 10 nitrogen and oxygen atoms in total. The Hall–Kier alpha value is -4.30. The average molecular weight is 613 g/mol. The van der Waals surface area contributed by atoms with Gasteiger partial charge in [0, 0.05) is 35.9 Å². The predicted molar refractivity (Wildman–Crippen MR) is 151 cm³/mol. The lowest BCUT2D eigenvalue weighted by molar-refractivity contribution is -0.241. The maximum absolute atomic E-state index is 12.6. The molecule has 224 valence electrons. The van der Waals surface area contributed by atoms with Crippen molar-refractivity contribution in [3.8, 4) is 22.0 Å². The minimum atomic E-state index is -5.03. The lowest BCUT2D eigenvalue weighted by atomic mass is 9.89. The summed E-state index contributed by atoms with van der Waals surface area (Å²) >= 11 is 1.33. The predicted octanol–water partition coefficient (Wildman–Crippen LogP) is 6.00. The Morgan fingerprint density at radius 2 is 1.88 bits per heavy atom. The first-order valence-electron chi connectivity index (χ1n) is 13.7. The van der Waals surface area contributed by atoms with Crippen LogP contribution in [0.15, 0.2) is 53.3 Å². The fourth-order valence-electron chi connectivity index (χ4n) is 4.89. The molecular weight excluding hydrogens is 585 g/mol. The highest BCUT2D eigenvalue weighted by molar-refractivity contribution is 7.19. The molecule has 2 aromatic carbocycles. The molecule has 6 rings (SSSR count). The van der Waals surface area contributed by atoms with Crippen LogP contribution in [0.25, 0.3) is 22.0 Å². The van der Waals surface area contributed by atoms with E-state index in [1.807, 2.05) is 37.3 Å². The number of thiazole rings is 1. The summed E-state index contributed by atoms with van der Waals surface area (Å²) in [4.78, 5) is 33.9. The second-order valence-corrected chi connectivity index (χ2v) is 11.5. The lowest BCUT2D eigenvalue weighted by Crippen LogP contribution is -2.39. The van der Waals surface area contributed by atoms with Gasteiger partial charge in [0.05, 0.1) is 5.69 Å². The summed E-state index contributed by atoms with van der Waals surface area (Å²) in [6, 6.07) is 13.5. The van der Waals surface area contributed by atoms with Crippen molar-refractivity contribution in [2.24, 2.45) is 0 Å². The minimum Gasteiger partial charge on any atom is -0.423 e. The van der Waals surface area contributed by atoms with Crippen LogP contribution in [0.3, 0.4) is 0 Å². The number of carbonyl (C=O) groups is 2.